The lowest BCUT2D eigenvalue weighted by atomic mass is 10.0. The molecular formula is C19H13F3N4O4. The molecule has 0 bridgehead atoms. The molecule has 3 rings (SSSR count). The van der Waals surface area contributed by atoms with Gasteiger partial charge in [-0.25, -0.2) is 9.78 Å². The van der Waals surface area contributed by atoms with Crippen LogP contribution in [0.2, 0.25) is 0 Å². The van der Waals surface area contributed by atoms with Crippen LogP contribution < -0.4 is 11.5 Å². The lowest BCUT2D eigenvalue weighted by molar-refractivity contribution is -0.192. The molecule has 0 fully saturated rings. The number of pyridine rings is 1. The highest BCUT2D eigenvalue weighted by Crippen LogP contribution is 2.31. The lowest BCUT2D eigenvalue weighted by Crippen LogP contribution is -2.21. The van der Waals surface area contributed by atoms with Gasteiger partial charge in [0.15, 0.2) is 0 Å². The Bertz CT molecular complexity index is 1100. The molecule has 0 unspecified atom stereocenters. The molecule has 2 aromatic heterocycles. The van der Waals surface area contributed by atoms with Gasteiger partial charge in [-0.1, -0.05) is 12.1 Å². The van der Waals surface area contributed by atoms with Crippen molar-refractivity contribution in [2.24, 2.45) is 5.73 Å². The highest BCUT2D eigenvalue weighted by molar-refractivity contribution is 5.93. The first-order chi connectivity index (χ1) is 14.0. The molecule has 0 aliphatic rings. The first-order valence-electron chi connectivity index (χ1n) is 7.99. The van der Waals surface area contributed by atoms with Crippen molar-refractivity contribution in [3.05, 3.63) is 59.9 Å². The van der Waals surface area contributed by atoms with Crippen molar-refractivity contribution in [3.63, 3.8) is 0 Å². The van der Waals surface area contributed by atoms with E-state index in [2.05, 4.69) is 4.98 Å². The third kappa shape index (κ3) is 5.14. The summed E-state index contributed by atoms with van der Waals surface area (Å²) in [5, 5.41) is 16.4. The van der Waals surface area contributed by atoms with Crippen LogP contribution >= 0.6 is 0 Å². The molecule has 0 spiro atoms. The van der Waals surface area contributed by atoms with E-state index in [9.17, 15) is 23.2 Å². The minimum absolute atomic E-state index is 0.121. The van der Waals surface area contributed by atoms with Crippen molar-refractivity contribution >= 4 is 17.7 Å². The van der Waals surface area contributed by atoms with Crippen LogP contribution in [0.15, 0.2) is 53.1 Å². The summed E-state index contributed by atoms with van der Waals surface area (Å²) >= 11 is 0. The van der Waals surface area contributed by atoms with E-state index in [-0.39, 0.29) is 11.4 Å². The Morgan fingerprint density at radius 3 is 2.20 bits per heavy atom. The molecule has 0 atom stereocenters. The molecule has 5 N–H and O–H groups in total. The van der Waals surface area contributed by atoms with Crippen LogP contribution in [-0.4, -0.2) is 28.1 Å². The van der Waals surface area contributed by atoms with Crippen molar-refractivity contribution in [2.45, 2.75) is 6.18 Å². The summed E-state index contributed by atoms with van der Waals surface area (Å²) in [5.41, 5.74) is 13.7. The minimum Gasteiger partial charge on any atom is -0.475 e. The maximum Gasteiger partial charge on any atom is 0.490 e. The second kappa shape index (κ2) is 8.78. The molecule has 8 nitrogen and oxygen atoms in total. The smallest absolute Gasteiger partial charge is 0.475 e. The number of rotatable bonds is 3. The van der Waals surface area contributed by atoms with Crippen LogP contribution in [0.5, 0.6) is 0 Å². The maximum absolute atomic E-state index is 11.1. The Hall–Kier alpha value is -4.33. The van der Waals surface area contributed by atoms with Crippen LogP contribution in [0.3, 0.4) is 0 Å². The zero-order valence-electron chi connectivity index (χ0n) is 15.0. The summed E-state index contributed by atoms with van der Waals surface area (Å²) in [6.45, 7) is 0. The number of amides is 1. The van der Waals surface area contributed by atoms with Crippen LogP contribution in [0.4, 0.5) is 19.0 Å². The quantitative estimate of drug-likeness (QED) is 0.589. The summed E-state index contributed by atoms with van der Waals surface area (Å²) in [4.78, 5) is 24.3. The van der Waals surface area contributed by atoms with Gasteiger partial charge in [0.25, 0.3) is 0 Å². The number of nitrogens with two attached hydrogens (primary N) is 2. The SMILES string of the molecule is N#Cc1c(-c2ccco2)cc(-c2ccc(C(N)=O)cc2)nc1N.O=C(O)C(F)(F)F. The molecule has 1 aromatic carbocycles. The molecule has 1 amide bonds. The van der Waals surface area contributed by atoms with Crippen molar-refractivity contribution in [3.8, 4) is 28.7 Å². The van der Waals surface area contributed by atoms with Gasteiger partial charge in [-0.2, -0.15) is 18.4 Å². The normalized spacial score (nSPS) is 10.5. The fourth-order valence-corrected chi connectivity index (χ4v) is 2.26. The number of carbonyl (C=O) groups is 2. The molecule has 30 heavy (non-hydrogen) atoms. The average molecular weight is 418 g/mol. The van der Waals surface area contributed by atoms with E-state index in [0.29, 0.717) is 22.6 Å². The lowest BCUT2D eigenvalue weighted by Gasteiger charge is -2.08. The van der Waals surface area contributed by atoms with Crippen molar-refractivity contribution < 1.29 is 32.3 Å². The van der Waals surface area contributed by atoms with Gasteiger partial charge in [0, 0.05) is 16.7 Å². The zero-order chi connectivity index (χ0) is 22.5. The molecule has 0 saturated carbocycles. The number of primary amides is 1. The van der Waals surface area contributed by atoms with Gasteiger partial charge in [-0.05, 0) is 30.3 Å². The van der Waals surface area contributed by atoms with Gasteiger partial charge in [-0.15, -0.1) is 0 Å². The maximum atomic E-state index is 11.1. The summed E-state index contributed by atoms with van der Waals surface area (Å²) in [5.74, 6) is -2.60. The summed E-state index contributed by atoms with van der Waals surface area (Å²) < 4.78 is 37.1. The highest BCUT2D eigenvalue weighted by Gasteiger charge is 2.38. The zero-order valence-corrected chi connectivity index (χ0v) is 15.0. The van der Waals surface area contributed by atoms with E-state index in [1.807, 2.05) is 6.07 Å². The van der Waals surface area contributed by atoms with E-state index < -0.39 is 18.1 Å². The molecule has 154 valence electrons. The van der Waals surface area contributed by atoms with Crippen molar-refractivity contribution in [1.29, 1.82) is 5.26 Å². The molecule has 11 heteroatoms. The Labute approximate surface area is 167 Å². The standard InChI is InChI=1S/C17H12N4O2.C2HF3O2/c18-9-13-12(15-2-1-7-23-15)8-14(21-16(13)19)10-3-5-11(6-4-10)17(20)22;3-2(4,5)1(6)7/h1-8H,(H2,19,21)(H2,20,22);(H,6,7). The number of nitriles is 1. The van der Waals surface area contributed by atoms with Crippen LogP contribution in [0, 0.1) is 11.3 Å². The number of nitrogens with zero attached hydrogens (tertiary/aromatic N) is 2. The van der Waals surface area contributed by atoms with Crippen molar-refractivity contribution in [1.82, 2.24) is 4.98 Å². The number of halogens is 3. The first-order valence-corrected chi connectivity index (χ1v) is 7.99. The number of alkyl halides is 3. The number of benzene rings is 1. The van der Waals surface area contributed by atoms with Gasteiger partial charge in [0.1, 0.15) is 23.2 Å². The Kier molecular flexibility index (Phi) is 6.43. The predicted molar refractivity (Wildman–Crippen MR) is 98.7 cm³/mol. The Balaban J connectivity index is 0.000000396. The van der Waals surface area contributed by atoms with Gasteiger partial charge in [0.05, 0.1) is 12.0 Å². The molecule has 2 heterocycles. The largest absolute Gasteiger partial charge is 0.490 e. The Morgan fingerprint density at radius 2 is 1.77 bits per heavy atom. The third-order valence-corrected chi connectivity index (χ3v) is 3.65. The van der Waals surface area contributed by atoms with E-state index in [1.54, 1.807) is 42.5 Å². The fraction of sp³-hybridized carbons (Fsp3) is 0.0526. The molecular weight excluding hydrogens is 405 g/mol. The molecule has 3 aromatic rings. The number of anilines is 1. The third-order valence-electron chi connectivity index (χ3n) is 3.65. The first kappa shape index (κ1) is 22.0. The van der Waals surface area contributed by atoms with Crippen LogP contribution in [0.1, 0.15) is 15.9 Å². The molecule has 0 aliphatic heterocycles. The number of carboxylic acid groups (broad SMARTS) is 1. The number of carboxylic acids is 1. The number of furan rings is 1. The van der Waals surface area contributed by atoms with Crippen LogP contribution in [0.25, 0.3) is 22.6 Å². The molecule has 0 aliphatic carbocycles. The van der Waals surface area contributed by atoms with Crippen LogP contribution in [-0.2, 0) is 4.79 Å². The number of hydrogen-bond acceptors (Lipinski definition) is 6. The second-order valence-electron chi connectivity index (χ2n) is 5.65. The predicted octanol–water partition coefficient (Wildman–Crippen LogP) is 3.19. The van der Waals surface area contributed by atoms with Gasteiger partial charge < -0.3 is 21.0 Å². The summed E-state index contributed by atoms with van der Waals surface area (Å²) in [6.07, 6.45) is -3.56. The van der Waals surface area contributed by atoms with E-state index in [0.717, 1.165) is 5.56 Å². The average Bonchev–Trinajstić information content (AvgIpc) is 3.22. The monoisotopic (exact) mass is 418 g/mol. The topological polar surface area (TPSA) is 156 Å². The molecule has 0 radical (unpaired) electrons. The van der Waals surface area contributed by atoms with E-state index >= 15 is 0 Å². The second-order valence-corrected chi connectivity index (χ2v) is 5.65. The number of aromatic nitrogens is 1. The van der Waals surface area contributed by atoms with E-state index in [4.69, 9.17) is 25.8 Å². The summed E-state index contributed by atoms with van der Waals surface area (Å²) in [7, 11) is 0. The van der Waals surface area contributed by atoms with Gasteiger partial charge >= 0.3 is 12.1 Å². The number of hydrogen-bond donors (Lipinski definition) is 3. The van der Waals surface area contributed by atoms with E-state index in [1.165, 1.54) is 6.26 Å². The van der Waals surface area contributed by atoms with Gasteiger partial charge in [0.2, 0.25) is 5.91 Å². The minimum atomic E-state index is -5.08. The number of nitrogen functional groups attached to an aromatic ring is 1. The number of carbonyl (C=O) groups excluding carboxylic acids is 1. The van der Waals surface area contributed by atoms with Gasteiger partial charge in [-0.3, -0.25) is 4.79 Å². The highest BCUT2D eigenvalue weighted by atomic mass is 19.4. The Morgan fingerprint density at radius 1 is 1.17 bits per heavy atom. The number of aliphatic carboxylic acids is 1. The summed E-state index contributed by atoms with van der Waals surface area (Å²) in [6, 6.07) is 13.9. The fourth-order valence-electron chi connectivity index (χ4n) is 2.26. The molecule has 0 saturated heterocycles. The van der Waals surface area contributed by atoms with Crippen molar-refractivity contribution in [2.75, 3.05) is 5.73 Å².